The first kappa shape index (κ1) is 9.13. The summed E-state index contributed by atoms with van der Waals surface area (Å²) in [5, 5.41) is 0. The molecule has 0 spiro atoms. The van der Waals surface area contributed by atoms with Crippen molar-refractivity contribution in [3.8, 4) is 0 Å². The number of furan rings is 1. The highest BCUT2D eigenvalue weighted by Crippen LogP contribution is 2.18. The van der Waals surface area contributed by atoms with Crippen molar-refractivity contribution >= 4 is 5.88 Å². The molecule has 0 amide bonds. The summed E-state index contributed by atoms with van der Waals surface area (Å²) in [6.07, 6.45) is 0. The van der Waals surface area contributed by atoms with E-state index in [0.29, 0.717) is 12.6 Å². The molecule has 1 rings (SSSR count). The zero-order chi connectivity index (χ0) is 9.14. The molecule has 0 saturated heterocycles. The minimum atomic E-state index is 0.446. The topological polar surface area (TPSA) is 42.4 Å². The van der Waals surface area contributed by atoms with Crippen LogP contribution in [0.4, 0.5) is 5.88 Å². The van der Waals surface area contributed by atoms with Crippen LogP contribution in [0.2, 0.25) is 0 Å². The molecule has 0 fully saturated rings. The van der Waals surface area contributed by atoms with Gasteiger partial charge in [0.05, 0.1) is 6.54 Å². The van der Waals surface area contributed by atoms with Crippen LogP contribution in [-0.4, -0.2) is 13.1 Å². The molecule has 0 aromatic carbocycles. The summed E-state index contributed by atoms with van der Waals surface area (Å²) in [6, 6.07) is 4.30. The van der Waals surface area contributed by atoms with Gasteiger partial charge in [0.25, 0.3) is 0 Å². The Balaban J connectivity index is 2.74. The maximum Gasteiger partial charge on any atom is 0.195 e. The maximum absolute atomic E-state index is 5.46. The van der Waals surface area contributed by atoms with Gasteiger partial charge in [0.15, 0.2) is 5.88 Å². The van der Waals surface area contributed by atoms with Crippen LogP contribution in [0.25, 0.3) is 0 Å². The highest BCUT2D eigenvalue weighted by atomic mass is 16.4. The Morgan fingerprint density at radius 2 is 2.17 bits per heavy atom. The second-order valence-electron chi connectivity index (χ2n) is 3.15. The molecule has 3 heteroatoms. The van der Waals surface area contributed by atoms with Crippen molar-refractivity contribution in [1.82, 2.24) is 0 Å². The lowest BCUT2D eigenvalue weighted by atomic mass is 10.3. The molecule has 0 aliphatic heterocycles. The van der Waals surface area contributed by atoms with Gasteiger partial charge in [-0.25, -0.2) is 0 Å². The largest absolute Gasteiger partial charge is 0.444 e. The van der Waals surface area contributed by atoms with Gasteiger partial charge in [0.1, 0.15) is 5.76 Å². The number of hydrogen-bond donors (Lipinski definition) is 1. The predicted molar refractivity (Wildman–Crippen MR) is 50.1 cm³/mol. The molecule has 1 aromatic rings. The summed E-state index contributed by atoms with van der Waals surface area (Å²) in [5.74, 6) is 1.71. The Hall–Kier alpha value is -0.960. The van der Waals surface area contributed by atoms with E-state index in [2.05, 4.69) is 18.7 Å². The zero-order valence-electron chi connectivity index (χ0n) is 7.87. The number of rotatable bonds is 3. The van der Waals surface area contributed by atoms with E-state index in [1.165, 1.54) is 0 Å². The molecule has 1 heterocycles. The fraction of sp³-hybridized carbons (Fsp3) is 0.556. The van der Waals surface area contributed by atoms with E-state index in [-0.39, 0.29) is 0 Å². The first-order valence-corrected chi connectivity index (χ1v) is 4.16. The van der Waals surface area contributed by atoms with E-state index in [0.717, 1.165) is 11.6 Å². The van der Waals surface area contributed by atoms with E-state index >= 15 is 0 Å². The van der Waals surface area contributed by atoms with Crippen LogP contribution in [0, 0.1) is 0 Å². The van der Waals surface area contributed by atoms with Crippen LogP contribution in [0.1, 0.15) is 19.6 Å². The van der Waals surface area contributed by atoms with Gasteiger partial charge in [-0.2, -0.15) is 0 Å². The number of nitrogens with two attached hydrogens (primary N) is 1. The Bertz CT molecular complexity index is 242. The van der Waals surface area contributed by atoms with Gasteiger partial charge in [-0.15, -0.1) is 0 Å². The zero-order valence-corrected chi connectivity index (χ0v) is 7.87. The Morgan fingerprint density at radius 3 is 2.58 bits per heavy atom. The molecule has 1 aromatic heterocycles. The summed E-state index contributed by atoms with van der Waals surface area (Å²) in [7, 11) is 2.00. The van der Waals surface area contributed by atoms with Crippen LogP contribution >= 0.6 is 0 Å². The molecule has 0 radical (unpaired) electrons. The highest BCUT2D eigenvalue weighted by Gasteiger charge is 2.08. The minimum absolute atomic E-state index is 0.446. The van der Waals surface area contributed by atoms with Crippen molar-refractivity contribution in [3.63, 3.8) is 0 Å². The van der Waals surface area contributed by atoms with Crippen LogP contribution < -0.4 is 10.6 Å². The van der Waals surface area contributed by atoms with E-state index < -0.39 is 0 Å². The molecular formula is C9H16N2O. The molecule has 0 aliphatic carbocycles. The summed E-state index contributed by atoms with van der Waals surface area (Å²) in [4.78, 5) is 2.07. The first-order valence-electron chi connectivity index (χ1n) is 4.16. The third-order valence-electron chi connectivity index (χ3n) is 1.97. The van der Waals surface area contributed by atoms with Crippen LogP contribution in [0.3, 0.4) is 0 Å². The molecule has 0 saturated carbocycles. The number of anilines is 1. The van der Waals surface area contributed by atoms with Crippen molar-refractivity contribution in [2.75, 3.05) is 11.9 Å². The Kier molecular flexibility index (Phi) is 2.76. The lowest BCUT2D eigenvalue weighted by Gasteiger charge is -2.20. The fourth-order valence-corrected chi connectivity index (χ4v) is 0.920. The molecule has 0 atom stereocenters. The van der Waals surface area contributed by atoms with E-state index in [1.807, 2.05) is 19.2 Å². The molecule has 12 heavy (non-hydrogen) atoms. The third-order valence-corrected chi connectivity index (χ3v) is 1.97. The molecule has 3 nitrogen and oxygen atoms in total. The quantitative estimate of drug-likeness (QED) is 0.745. The van der Waals surface area contributed by atoms with Crippen LogP contribution in [0.15, 0.2) is 16.5 Å². The summed E-state index contributed by atoms with van der Waals surface area (Å²) in [5.41, 5.74) is 5.43. The van der Waals surface area contributed by atoms with Crippen molar-refractivity contribution < 1.29 is 4.42 Å². The molecule has 0 aliphatic rings. The molecule has 2 N–H and O–H groups in total. The van der Waals surface area contributed by atoms with Crippen LogP contribution in [0.5, 0.6) is 0 Å². The van der Waals surface area contributed by atoms with Crippen molar-refractivity contribution in [3.05, 3.63) is 17.9 Å². The highest BCUT2D eigenvalue weighted by molar-refractivity contribution is 5.36. The maximum atomic E-state index is 5.46. The van der Waals surface area contributed by atoms with Gasteiger partial charge in [-0.1, -0.05) is 0 Å². The van der Waals surface area contributed by atoms with E-state index in [9.17, 15) is 0 Å². The summed E-state index contributed by atoms with van der Waals surface area (Å²) in [6.45, 7) is 4.70. The first-order chi connectivity index (χ1) is 5.65. The van der Waals surface area contributed by atoms with Crippen molar-refractivity contribution in [2.45, 2.75) is 26.4 Å². The van der Waals surface area contributed by atoms with E-state index in [1.54, 1.807) is 0 Å². The second-order valence-corrected chi connectivity index (χ2v) is 3.15. The molecule has 0 bridgehead atoms. The average molecular weight is 168 g/mol. The molecule has 68 valence electrons. The predicted octanol–water partition coefficient (Wildman–Crippen LogP) is 1.58. The lowest BCUT2D eigenvalue weighted by Crippen LogP contribution is -2.24. The van der Waals surface area contributed by atoms with Gasteiger partial charge in [-0.3, -0.25) is 0 Å². The summed E-state index contributed by atoms with van der Waals surface area (Å²) < 4.78 is 5.46. The number of hydrogen-bond acceptors (Lipinski definition) is 3. The normalized spacial score (nSPS) is 10.8. The van der Waals surface area contributed by atoms with Gasteiger partial charge < -0.3 is 15.1 Å². The smallest absolute Gasteiger partial charge is 0.195 e. The minimum Gasteiger partial charge on any atom is -0.444 e. The van der Waals surface area contributed by atoms with Gasteiger partial charge in [-0.05, 0) is 19.9 Å². The fourth-order valence-electron chi connectivity index (χ4n) is 0.920. The lowest BCUT2D eigenvalue weighted by molar-refractivity contribution is 0.497. The van der Waals surface area contributed by atoms with Crippen molar-refractivity contribution in [1.29, 1.82) is 0 Å². The molecular weight excluding hydrogens is 152 g/mol. The van der Waals surface area contributed by atoms with Gasteiger partial charge in [0, 0.05) is 19.2 Å². The average Bonchev–Trinajstić information content (AvgIpc) is 2.50. The number of nitrogens with zero attached hydrogens (tertiary/aromatic N) is 1. The van der Waals surface area contributed by atoms with Gasteiger partial charge in [0.2, 0.25) is 0 Å². The monoisotopic (exact) mass is 168 g/mol. The van der Waals surface area contributed by atoms with Crippen LogP contribution in [-0.2, 0) is 6.54 Å². The standard InChI is InChI=1S/C9H16N2O/c1-7(2)11(3)9-5-4-8(6-10)12-9/h4-5,7H,6,10H2,1-3H3. The summed E-state index contributed by atoms with van der Waals surface area (Å²) >= 11 is 0. The Morgan fingerprint density at radius 1 is 1.50 bits per heavy atom. The SMILES string of the molecule is CC(C)N(C)c1ccc(CN)o1. The second kappa shape index (κ2) is 3.63. The third kappa shape index (κ3) is 1.80. The molecule has 0 unspecified atom stereocenters. The van der Waals surface area contributed by atoms with E-state index in [4.69, 9.17) is 10.2 Å². The van der Waals surface area contributed by atoms with Crippen molar-refractivity contribution in [2.24, 2.45) is 5.73 Å². The Labute approximate surface area is 73.2 Å². The van der Waals surface area contributed by atoms with Gasteiger partial charge >= 0.3 is 0 Å².